The van der Waals surface area contributed by atoms with Crippen LogP contribution in [0.5, 0.6) is 0 Å². The Kier molecular flexibility index (Phi) is 5.32. The first-order chi connectivity index (χ1) is 12.4. The molecule has 134 valence electrons. The first kappa shape index (κ1) is 18.1. The van der Waals surface area contributed by atoms with Crippen molar-refractivity contribution in [3.05, 3.63) is 81.6 Å². The molecular weight excluding hydrogens is 358 g/mol. The third-order valence-electron chi connectivity index (χ3n) is 3.87. The van der Waals surface area contributed by atoms with E-state index in [1.807, 2.05) is 38.1 Å². The van der Waals surface area contributed by atoms with Gasteiger partial charge in [-0.05, 0) is 31.5 Å². The van der Waals surface area contributed by atoms with E-state index >= 15 is 0 Å². The van der Waals surface area contributed by atoms with Crippen molar-refractivity contribution in [3.8, 4) is 0 Å². The van der Waals surface area contributed by atoms with Gasteiger partial charge in [-0.15, -0.1) is 0 Å². The molecule has 0 aliphatic carbocycles. The van der Waals surface area contributed by atoms with E-state index in [4.69, 9.17) is 11.6 Å². The van der Waals surface area contributed by atoms with Crippen LogP contribution in [0.15, 0.2) is 47.6 Å². The number of halogens is 3. The number of rotatable bonds is 5. The molecule has 7 heteroatoms. The molecule has 1 aromatic heterocycles. The van der Waals surface area contributed by atoms with Crippen molar-refractivity contribution in [2.45, 2.75) is 20.4 Å². The molecule has 0 radical (unpaired) electrons. The highest BCUT2D eigenvalue weighted by molar-refractivity contribution is 6.32. The summed E-state index contributed by atoms with van der Waals surface area (Å²) in [5, 5.41) is 8.84. The minimum absolute atomic E-state index is 0.0727. The van der Waals surface area contributed by atoms with E-state index in [0.29, 0.717) is 23.0 Å². The number of nitrogens with zero attached hydrogens (tertiary/aromatic N) is 3. The van der Waals surface area contributed by atoms with E-state index in [9.17, 15) is 8.78 Å². The third-order valence-corrected chi connectivity index (χ3v) is 4.27. The predicted molar refractivity (Wildman–Crippen MR) is 99.8 cm³/mol. The van der Waals surface area contributed by atoms with E-state index in [1.54, 1.807) is 4.68 Å². The van der Waals surface area contributed by atoms with Crippen LogP contribution >= 0.6 is 11.6 Å². The van der Waals surface area contributed by atoms with Crippen molar-refractivity contribution in [1.29, 1.82) is 0 Å². The first-order valence-corrected chi connectivity index (χ1v) is 8.34. The Balaban J connectivity index is 1.76. The van der Waals surface area contributed by atoms with Gasteiger partial charge in [0.1, 0.15) is 11.0 Å². The second kappa shape index (κ2) is 7.66. The molecule has 0 aliphatic rings. The molecule has 0 saturated heterocycles. The zero-order valence-corrected chi connectivity index (χ0v) is 15.1. The molecule has 0 spiro atoms. The van der Waals surface area contributed by atoms with Crippen LogP contribution < -0.4 is 5.43 Å². The molecule has 0 unspecified atom stereocenters. The van der Waals surface area contributed by atoms with Crippen molar-refractivity contribution >= 4 is 23.5 Å². The minimum atomic E-state index is -0.722. The SMILES string of the molecule is Cc1ccc(Cn2nc(C)c(/C=N\Nc3ccc(F)cc3F)c2Cl)cc1. The van der Waals surface area contributed by atoms with Crippen LogP contribution in [0.4, 0.5) is 14.5 Å². The van der Waals surface area contributed by atoms with Gasteiger partial charge in [-0.3, -0.25) is 5.43 Å². The summed E-state index contributed by atoms with van der Waals surface area (Å²) in [6.07, 6.45) is 1.47. The Morgan fingerprint density at radius 1 is 1.15 bits per heavy atom. The third kappa shape index (κ3) is 4.08. The Labute approximate surface area is 155 Å². The Morgan fingerprint density at radius 3 is 2.58 bits per heavy atom. The smallest absolute Gasteiger partial charge is 0.151 e. The molecule has 0 bridgehead atoms. The molecule has 1 N–H and O–H groups in total. The summed E-state index contributed by atoms with van der Waals surface area (Å²) in [5.74, 6) is -1.37. The van der Waals surface area contributed by atoms with Gasteiger partial charge in [0.2, 0.25) is 0 Å². The Hall–Kier alpha value is -2.73. The van der Waals surface area contributed by atoms with Gasteiger partial charge in [-0.2, -0.15) is 10.2 Å². The molecule has 0 saturated carbocycles. The van der Waals surface area contributed by atoms with E-state index in [1.165, 1.54) is 17.8 Å². The molecule has 3 rings (SSSR count). The van der Waals surface area contributed by atoms with Crippen LogP contribution in [0.2, 0.25) is 5.15 Å². The highest BCUT2D eigenvalue weighted by atomic mass is 35.5. The number of hydrogen-bond donors (Lipinski definition) is 1. The zero-order chi connectivity index (χ0) is 18.7. The molecule has 0 fully saturated rings. The number of benzene rings is 2. The van der Waals surface area contributed by atoms with Gasteiger partial charge < -0.3 is 0 Å². The highest BCUT2D eigenvalue weighted by Crippen LogP contribution is 2.20. The van der Waals surface area contributed by atoms with Gasteiger partial charge in [-0.25, -0.2) is 13.5 Å². The van der Waals surface area contributed by atoms with Crippen molar-refractivity contribution in [1.82, 2.24) is 9.78 Å². The van der Waals surface area contributed by atoms with E-state index in [-0.39, 0.29) is 5.69 Å². The fourth-order valence-electron chi connectivity index (χ4n) is 2.43. The van der Waals surface area contributed by atoms with Gasteiger partial charge in [0.05, 0.1) is 29.7 Å². The van der Waals surface area contributed by atoms with Gasteiger partial charge in [-0.1, -0.05) is 41.4 Å². The normalized spacial score (nSPS) is 11.3. The number of aryl methyl sites for hydroxylation is 2. The summed E-state index contributed by atoms with van der Waals surface area (Å²) in [6, 6.07) is 11.3. The van der Waals surface area contributed by atoms with Crippen molar-refractivity contribution in [2.24, 2.45) is 5.10 Å². The lowest BCUT2D eigenvalue weighted by atomic mass is 10.1. The second-order valence-electron chi connectivity index (χ2n) is 5.93. The van der Waals surface area contributed by atoms with Gasteiger partial charge >= 0.3 is 0 Å². The molecule has 2 aromatic carbocycles. The van der Waals surface area contributed by atoms with Crippen molar-refractivity contribution < 1.29 is 8.78 Å². The van der Waals surface area contributed by atoms with E-state index in [0.717, 1.165) is 17.7 Å². The molecular formula is C19H17ClF2N4. The Bertz CT molecular complexity index is 949. The standard InChI is InChI=1S/C19H17ClF2N4/c1-12-3-5-14(6-4-12)11-26-19(20)16(13(2)25-26)10-23-24-18-8-7-15(21)9-17(18)22/h3-10,24H,11H2,1-2H3/b23-10-. The second-order valence-corrected chi connectivity index (χ2v) is 6.29. The summed E-state index contributed by atoms with van der Waals surface area (Å²) in [6.45, 7) is 4.38. The lowest BCUT2D eigenvalue weighted by Gasteiger charge is -2.04. The van der Waals surface area contributed by atoms with Crippen molar-refractivity contribution in [3.63, 3.8) is 0 Å². The van der Waals surface area contributed by atoms with E-state index < -0.39 is 11.6 Å². The number of hydrazone groups is 1. The molecule has 0 amide bonds. The van der Waals surface area contributed by atoms with Gasteiger partial charge in [0, 0.05) is 6.07 Å². The van der Waals surface area contributed by atoms with Crippen molar-refractivity contribution in [2.75, 3.05) is 5.43 Å². The fourth-order valence-corrected chi connectivity index (χ4v) is 2.71. The number of nitrogens with one attached hydrogen (secondary N) is 1. The van der Waals surface area contributed by atoms with Crippen LogP contribution in [0.1, 0.15) is 22.4 Å². The van der Waals surface area contributed by atoms with Gasteiger partial charge in [0.25, 0.3) is 0 Å². The molecule has 0 aliphatic heterocycles. The summed E-state index contributed by atoms with van der Waals surface area (Å²) >= 11 is 6.40. The summed E-state index contributed by atoms with van der Waals surface area (Å²) in [5.41, 5.74) is 6.21. The molecule has 4 nitrogen and oxygen atoms in total. The Morgan fingerprint density at radius 2 is 1.88 bits per heavy atom. The predicted octanol–water partition coefficient (Wildman–Crippen LogP) is 4.93. The average molecular weight is 375 g/mol. The molecule has 3 aromatic rings. The van der Waals surface area contributed by atoms with Gasteiger partial charge in [0.15, 0.2) is 5.82 Å². The molecule has 26 heavy (non-hydrogen) atoms. The summed E-state index contributed by atoms with van der Waals surface area (Å²) in [4.78, 5) is 0. The molecule has 1 heterocycles. The first-order valence-electron chi connectivity index (χ1n) is 7.96. The summed E-state index contributed by atoms with van der Waals surface area (Å²) in [7, 11) is 0. The number of anilines is 1. The quantitative estimate of drug-likeness (QED) is 0.508. The lowest BCUT2D eigenvalue weighted by molar-refractivity contribution is 0.585. The summed E-state index contributed by atoms with van der Waals surface area (Å²) < 4.78 is 28.2. The topological polar surface area (TPSA) is 42.2 Å². The fraction of sp³-hybridized carbons (Fsp3) is 0.158. The van der Waals surface area contributed by atoms with Crippen LogP contribution in [-0.2, 0) is 6.54 Å². The van der Waals surface area contributed by atoms with Crippen LogP contribution in [0, 0.1) is 25.5 Å². The largest absolute Gasteiger partial charge is 0.276 e. The molecule has 0 atom stereocenters. The monoisotopic (exact) mass is 374 g/mol. The average Bonchev–Trinajstić information content (AvgIpc) is 2.86. The number of aromatic nitrogens is 2. The lowest BCUT2D eigenvalue weighted by Crippen LogP contribution is -2.02. The minimum Gasteiger partial charge on any atom is -0.276 e. The van der Waals surface area contributed by atoms with E-state index in [2.05, 4.69) is 15.6 Å². The maximum absolute atomic E-state index is 13.6. The van der Waals surface area contributed by atoms with Crippen LogP contribution in [0.3, 0.4) is 0 Å². The van der Waals surface area contributed by atoms with Crippen LogP contribution in [-0.4, -0.2) is 16.0 Å². The van der Waals surface area contributed by atoms with Crippen LogP contribution in [0.25, 0.3) is 0 Å². The maximum atomic E-state index is 13.6. The number of hydrogen-bond acceptors (Lipinski definition) is 3. The highest BCUT2D eigenvalue weighted by Gasteiger charge is 2.12. The maximum Gasteiger partial charge on any atom is 0.151 e. The zero-order valence-electron chi connectivity index (χ0n) is 14.3.